The molecular weight excluding hydrogens is 380 g/mol. The lowest BCUT2D eigenvalue weighted by Gasteiger charge is -2.34. The third kappa shape index (κ3) is 5.67. The molecule has 0 saturated carbocycles. The minimum absolute atomic E-state index is 0.00116. The first kappa shape index (κ1) is 21.5. The van der Waals surface area contributed by atoms with Crippen molar-refractivity contribution in [2.75, 3.05) is 38.0 Å². The van der Waals surface area contributed by atoms with Crippen LogP contribution >= 0.6 is 0 Å². The van der Waals surface area contributed by atoms with Crippen LogP contribution in [0.3, 0.4) is 0 Å². The van der Waals surface area contributed by atoms with Crippen LogP contribution in [0.15, 0.2) is 54.6 Å². The maximum absolute atomic E-state index is 13.1. The number of hydrogen-bond donors (Lipinski definition) is 2. The zero-order chi connectivity index (χ0) is 21.5. The summed E-state index contributed by atoms with van der Waals surface area (Å²) in [4.78, 5) is 41.4. The molecule has 30 heavy (non-hydrogen) atoms. The highest BCUT2D eigenvalue weighted by atomic mass is 16.2. The van der Waals surface area contributed by atoms with Gasteiger partial charge in [0.2, 0.25) is 5.91 Å². The van der Waals surface area contributed by atoms with Gasteiger partial charge in [-0.2, -0.15) is 0 Å². The fraction of sp³-hybridized carbons (Fsp3) is 0.348. The van der Waals surface area contributed by atoms with E-state index in [1.165, 1.54) is 0 Å². The molecular formula is C23H28N4O3. The van der Waals surface area contributed by atoms with Crippen molar-refractivity contribution in [1.29, 1.82) is 0 Å². The largest absolute Gasteiger partial charge is 0.353 e. The van der Waals surface area contributed by atoms with E-state index in [1.807, 2.05) is 24.8 Å². The Kier molecular flexibility index (Phi) is 7.19. The van der Waals surface area contributed by atoms with E-state index in [9.17, 15) is 14.4 Å². The van der Waals surface area contributed by atoms with E-state index in [4.69, 9.17) is 0 Å². The van der Waals surface area contributed by atoms with Crippen LogP contribution in [-0.4, -0.2) is 66.3 Å². The molecule has 1 saturated heterocycles. The summed E-state index contributed by atoms with van der Waals surface area (Å²) in [6.07, 6.45) is 0. The maximum atomic E-state index is 13.1. The molecule has 158 valence electrons. The predicted octanol–water partition coefficient (Wildman–Crippen LogP) is 2.22. The summed E-state index contributed by atoms with van der Waals surface area (Å²) in [5, 5.41) is 5.74. The Labute approximate surface area is 177 Å². The Morgan fingerprint density at radius 1 is 0.900 bits per heavy atom. The molecule has 1 aliphatic rings. The molecule has 0 radical (unpaired) electrons. The van der Waals surface area contributed by atoms with Crippen LogP contribution < -0.4 is 10.6 Å². The second kappa shape index (κ2) is 10.0. The van der Waals surface area contributed by atoms with Crippen LogP contribution in [0.4, 0.5) is 5.69 Å². The third-order valence-electron chi connectivity index (χ3n) is 4.92. The monoisotopic (exact) mass is 408 g/mol. The van der Waals surface area contributed by atoms with Crippen molar-refractivity contribution in [2.24, 2.45) is 0 Å². The lowest BCUT2D eigenvalue weighted by atomic mass is 10.1. The standard InChI is InChI=1S/C23H28N4O3/c1-17(2)24-21(28)16-26-12-14-27(15-13-26)23(30)19-10-6-7-11-20(19)25-22(29)18-8-4-3-5-9-18/h3-11,17H,12-16H2,1-2H3,(H,24,28)(H,25,29). The van der Waals surface area contributed by atoms with Gasteiger partial charge in [0.1, 0.15) is 0 Å². The van der Waals surface area contributed by atoms with Crippen molar-refractivity contribution in [3.05, 3.63) is 65.7 Å². The SMILES string of the molecule is CC(C)NC(=O)CN1CCN(C(=O)c2ccccc2NC(=O)c2ccccc2)CC1. The molecule has 7 heteroatoms. The average Bonchev–Trinajstić information content (AvgIpc) is 2.74. The van der Waals surface area contributed by atoms with Crippen LogP contribution in [0.5, 0.6) is 0 Å². The van der Waals surface area contributed by atoms with Crippen LogP contribution in [-0.2, 0) is 4.79 Å². The number of hydrogen-bond acceptors (Lipinski definition) is 4. The molecule has 3 amide bonds. The normalized spacial score (nSPS) is 14.4. The van der Waals surface area contributed by atoms with Gasteiger partial charge in [-0.15, -0.1) is 0 Å². The van der Waals surface area contributed by atoms with Gasteiger partial charge in [-0.05, 0) is 38.1 Å². The average molecular weight is 409 g/mol. The number of anilines is 1. The highest BCUT2D eigenvalue weighted by Gasteiger charge is 2.25. The zero-order valence-corrected chi connectivity index (χ0v) is 17.4. The first-order valence-electron chi connectivity index (χ1n) is 10.2. The fourth-order valence-corrected chi connectivity index (χ4v) is 3.41. The summed E-state index contributed by atoms with van der Waals surface area (Å²) in [5.74, 6) is -0.374. The molecule has 1 heterocycles. The van der Waals surface area contributed by atoms with Crippen molar-refractivity contribution < 1.29 is 14.4 Å². The lowest BCUT2D eigenvalue weighted by Crippen LogP contribution is -2.51. The molecule has 0 aliphatic carbocycles. The van der Waals surface area contributed by atoms with Crippen LogP contribution in [0.25, 0.3) is 0 Å². The lowest BCUT2D eigenvalue weighted by molar-refractivity contribution is -0.123. The van der Waals surface area contributed by atoms with Crippen LogP contribution in [0.2, 0.25) is 0 Å². The Bertz CT molecular complexity index is 890. The Morgan fingerprint density at radius 3 is 2.20 bits per heavy atom. The number of benzene rings is 2. The molecule has 0 bridgehead atoms. The summed E-state index contributed by atoms with van der Waals surface area (Å²) in [6.45, 7) is 6.55. The minimum Gasteiger partial charge on any atom is -0.353 e. The van der Waals surface area contributed by atoms with Crippen molar-refractivity contribution in [3.63, 3.8) is 0 Å². The van der Waals surface area contributed by atoms with E-state index in [2.05, 4.69) is 10.6 Å². The van der Waals surface area contributed by atoms with E-state index in [-0.39, 0.29) is 23.8 Å². The van der Waals surface area contributed by atoms with Crippen LogP contribution in [0, 0.1) is 0 Å². The summed E-state index contributed by atoms with van der Waals surface area (Å²) in [5.41, 5.74) is 1.50. The molecule has 2 aromatic carbocycles. The number of rotatable bonds is 6. The van der Waals surface area contributed by atoms with E-state index >= 15 is 0 Å². The van der Waals surface area contributed by atoms with Crippen molar-refractivity contribution in [1.82, 2.24) is 15.1 Å². The molecule has 0 aromatic heterocycles. The first-order valence-corrected chi connectivity index (χ1v) is 10.2. The molecule has 0 unspecified atom stereocenters. The Balaban J connectivity index is 1.61. The predicted molar refractivity (Wildman–Crippen MR) is 116 cm³/mol. The number of para-hydroxylation sites is 1. The van der Waals surface area contributed by atoms with Gasteiger partial charge in [-0.25, -0.2) is 0 Å². The van der Waals surface area contributed by atoms with Gasteiger partial charge < -0.3 is 15.5 Å². The molecule has 1 aliphatic heterocycles. The summed E-state index contributed by atoms with van der Waals surface area (Å²) in [7, 11) is 0. The summed E-state index contributed by atoms with van der Waals surface area (Å²) in [6, 6.07) is 16.1. The maximum Gasteiger partial charge on any atom is 0.256 e. The minimum atomic E-state index is -0.253. The van der Waals surface area contributed by atoms with E-state index in [1.54, 1.807) is 53.4 Å². The number of piperazine rings is 1. The number of nitrogens with one attached hydrogen (secondary N) is 2. The van der Waals surface area contributed by atoms with Crippen LogP contribution in [0.1, 0.15) is 34.6 Å². The molecule has 0 atom stereocenters. The van der Waals surface area contributed by atoms with Crippen molar-refractivity contribution in [3.8, 4) is 0 Å². The van der Waals surface area contributed by atoms with Crippen molar-refractivity contribution in [2.45, 2.75) is 19.9 Å². The van der Waals surface area contributed by atoms with Gasteiger partial charge in [0.05, 0.1) is 17.8 Å². The number of carbonyl (C=O) groups is 3. The van der Waals surface area contributed by atoms with Gasteiger partial charge in [-0.3, -0.25) is 19.3 Å². The molecule has 0 spiro atoms. The molecule has 1 fully saturated rings. The Morgan fingerprint density at radius 2 is 1.53 bits per heavy atom. The Hall–Kier alpha value is -3.19. The highest BCUT2D eigenvalue weighted by Crippen LogP contribution is 2.19. The number of nitrogens with zero attached hydrogens (tertiary/aromatic N) is 2. The first-order chi connectivity index (χ1) is 14.4. The number of amides is 3. The third-order valence-corrected chi connectivity index (χ3v) is 4.92. The number of carbonyl (C=O) groups excluding carboxylic acids is 3. The molecule has 2 aromatic rings. The fourth-order valence-electron chi connectivity index (χ4n) is 3.41. The summed E-state index contributed by atoms with van der Waals surface area (Å²) >= 11 is 0. The topological polar surface area (TPSA) is 81.8 Å². The highest BCUT2D eigenvalue weighted by molar-refractivity contribution is 6.09. The van der Waals surface area contributed by atoms with Gasteiger partial charge >= 0.3 is 0 Å². The van der Waals surface area contributed by atoms with Gasteiger partial charge in [0.15, 0.2) is 0 Å². The summed E-state index contributed by atoms with van der Waals surface area (Å²) < 4.78 is 0. The smallest absolute Gasteiger partial charge is 0.256 e. The second-order valence-electron chi connectivity index (χ2n) is 7.66. The second-order valence-corrected chi connectivity index (χ2v) is 7.66. The molecule has 3 rings (SSSR count). The van der Waals surface area contributed by atoms with Gasteiger partial charge in [0, 0.05) is 37.8 Å². The zero-order valence-electron chi connectivity index (χ0n) is 17.4. The molecule has 7 nitrogen and oxygen atoms in total. The van der Waals surface area contributed by atoms with E-state index < -0.39 is 0 Å². The van der Waals surface area contributed by atoms with E-state index in [0.29, 0.717) is 49.5 Å². The van der Waals surface area contributed by atoms with Gasteiger partial charge in [0.25, 0.3) is 11.8 Å². The van der Waals surface area contributed by atoms with Crippen molar-refractivity contribution >= 4 is 23.4 Å². The quantitative estimate of drug-likeness (QED) is 0.768. The van der Waals surface area contributed by atoms with Gasteiger partial charge in [-0.1, -0.05) is 30.3 Å². The van der Waals surface area contributed by atoms with E-state index in [0.717, 1.165) is 0 Å². The molecule has 2 N–H and O–H groups in total.